The molecular formula is C29H41N5O3. The van der Waals surface area contributed by atoms with Crippen LogP contribution in [-0.4, -0.2) is 53.1 Å². The topological polar surface area (TPSA) is 95.0 Å². The predicted octanol–water partition coefficient (Wildman–Crippen LogP) is 5.91. The number of hydrogen-bond acceptors (Lipinski definition) is 6. The van der Waals surface area contributed by atoms with Crippen LogP contribution in [0.5, 0.6) is 11.5 Å². The van der Waals surface area contributed by atoms with Crippen LogP contribution >= 0.6 is 0 Å². The summed E-state index contributed by atoms with van der Waals surface area (Å²) in [5.41, 5.74) is 10.2. The molecule has 1 aliphatic rings. The lowest BCUT2D eigenvalue weighted by Crippen LogP contribution is -2.25. The van der Waals surface area contributed by atoms with Gasteiger partial charge in [0, 0.05) is 36.0 Å². The first-order valence-corrected chi connectivity index (χ1v) is 13.4. The Bertz CT molecular complexity index is 1240. The first kappa shape index (κ1) is 26.9. The first-order chi connectivity index (χ1) is 17.7. The number of amides is 1. The summed E-state index contributed by atoms with van der Waals surface area (Å²) in [6.07, 6.45) is 9.69. The van der Waals surface area contributed by atoms with Crippen LogP contribution < -0.4 is 15.2 Å². The molecule has 0 unspecified atom stereocenters. The van der Waals surface area contributed by atoms with E-state index in [9.17, 15) is 4.79 Å². The number of carbonyl (C=O) groups excluding carboxylic acids is 1. The zero-order chi connectivity index (χ0) is 26.7. The molecule has 0 bridgehead atoms. The Hall–Kier alpha value is -3.13. The number of carbonyl (C=O) groups is 1. The van der Waals surface area contributed by atoms with Gasteiger partial charge in [0.1, 0.15) is 5.82 Å². The number of primary amides is 1. The molecule has 2 N–H and O–H groups in total. The van der Waals surface area contributed by atoms with Crippen molar-refractivity contribution in [1.82, 2.24) is 19.3 Å². The van der Waals surface area contributed by atoms with Crippen LogP contribution in [0.2, 0.25) is 0 Å². The van der Waals surface area contributed by atoms with Crippen molar-refractivity contribution >= 4 is 11.6 Å². The lowest BCUT2D eigenvalue weighted by atomic mass is 9.81. The minimum absolute atomic E-state index is 0.157. The molecule has 1 saturated carbocycles. The summed E-state index contributed by atoms with van der Waals surface area (Å²) in [5.74, 6) is 3.26. The van der Waals surface area contributed by atoms with E-state index in [1.807, 2.05) is 25.4 Å². The van der Waals surface area contributed by atoms with Gasteiger partial charge in [-0.25, -0.2) is 9.78 Å². The Morgan fingerprint density at radius 1 is 1.24 bits per heavy atom. The SMILES string of the molecule is CCC[C@H](C)c1c(-c2nc(C3CCC(CN(C)C)CC3)n3ccnc(C)c23)ccc(OC(N)=O)c1OC. The number of nitrogens with zero attached hydrogens (tertiary/aromatic N) is 4. The summed E-state index contributed by atoms with van der Waals surface area (Å²) in [6.45, 7) is 7.52. The first-order valence-electron chi connectivity index (χ1n) is 13.4. The van der Waals surface area contributed by atoms with Gasteiger partial charge >= 0.3 is 6.09 Å². The van der Waals surface area contributed by atoms with E-state index in [0.717, 1.165) is 72.0 Å². The zero-order valence-electron chi connectivity index (χ0n) is 23.1. The summed E-state index contributed by atoms with van der Waals surface area (Å²) in [7, 11) is 5.91. The van der Waals surface area contributed by atoms with Crippen molar-refractivity contribution in [3.8, 4) is 22.8 Å². The predicted molar refractivity (Wildman–Crippen MR) is 146 cm³/mol. The molecule has 8 heteroatoms. The van der Waals surface area contributed by atoms with Crippen LogP contribution in [0.4, 0.5) is 4.79 Å². The molecule has 4 rings (SSSR count). The van der Waals surface area contributed by atoms with Crippen molar-refractivity contribution in [3.63, 3.8) is 0 Å². The van der Waals surface area contributed by atoms with Gasteiger partial charge in [0.2, 0.25) is 0 Å². The van der Waals surface area contributed by atoms with Gasteiger partial charge in [0.15, 0.2) is 11.5 Å². The summed E-state index contributed by atoms with van der Waals surface area (Å²) >= 11 is 0. The molecule has 1 aromatic carbocycles. The molecule has 1 aliphatic carbocycles. The number of methoxy groups -OCH3 is 1. The van der Waals surface area contributed by atoms with Gasteiger partial charge in [-0.3, -0.25) is 9.38 Å². The van der Waals surface area contributed by atoms with Crippen molar-refractivity contribution in [2.24, 2.45) is 11.7 Å². The van der Waals surface area contributed by atoms with E-state index < -0.39 is 6.09 Å². The largest absolute Gasteiger partial charge is 0.493 e. The molecule has 200 valence electrons. The number of imidazole rings is 1. The van der Waals surface area contributed by atoms with Crippen LogP contribution in [0.15, 0.2) is 24.5 Å². The molecule has 3 aromatic rings. The van der Waals surface area contributed by atoms with Gasteiger partial charge in [0.05, 0.1) is 24.0 Å². The second-order valence-electron chi connectivity index (χ2n) is 10.7. The van der Waals surface area contributed by atoms with Gasteiger partial charge < -0.3 is 20.1 Å². The smallest absolute Gasteiger partial charge is 0.410 e. The molecule has 1 amide bonds. The van der Waals surface area contributed by atoms with Crippen molar-refractivity contribution in [2.45, 2.75) is 71.1 Å². The number of rotatable bonds is 9. The maximum Gasteiger partial charge on any atom is 0.410 e. The number of aromatic nitrogens is 3. The van der Waals surface area contributed by atoms with E-state index in [2.05, 4.69) is 42.2 Å². The molecule has 0 spiro atoms. The molecule has 2 heterocycles. The minimum Gasteiger partial charge on any atom is -0.493 e. The Labute approximate surface area is 220 Å². The Kier molecular flexibility index (Phi) is 8.37. The van der Waals surface area contributed by atoms with Crippen LogP contribution in [0.1, 0.15) is 81.3 Å². The fourth-order valence-corrected chi connectivity index (χ4v) is 6.07. The molecule has 0 saturated heterocycles. The average Bonchev–Trinajstić information content (AvgIpc) is 3.24. The Morgan fingerprint density at radius 2 is 1.97 bits per heavy atom. The van der Waals surface area contributed by atoms with Crippen LogP contribution in [0.25, 0.3) is 16.8 Å². The second-order valence-corrected chi connectivity index (χ2v) is 10.7. The molecule has 1 atom stereocenters. The number of hydrogen-bond donors (Lipinski definition) is 1. The lowest BCUT2D eigenvalue weighted by Gasteiger charge is -2.29. The van der Waals surface area contributed by atoms with E-state index in [0.29, 0.717) is 17.4 Å². The highest BCUT2D eigenvalue weighted by molar-refractivity contribution is 5.84. The normalized spacial score (nSPS) is 18.8. The third-order valence-corrected chi connectivity index (χ3v) is 7.64. The highest BCUT2D eigenvalue weighted by Crippen LogP contribution is 2.46. The molecule has 2 aromatic heterocycles. The third-order valence-electron chi connectivity index (χ3n) is 7.64. The van der Waals surface area contributed by atoms with Crippen molar-refractivity contribution < 1.29 is 14.3 Å². The average molecular weight is 508 g/mol. The van der Waals surface area contributed by atoms with Gasteiger partial charge in [0.25, 0.3) is 0 Å². The van der Waals surface area contributed by atoms with Crippen molar-refractivity contribution in [1.29, 1.82) is 0 Å². The molecule has 0 radical (unpaired) electrons. The van der Waals surface area contributed by atoms with Crippen LogP contribution in [-0.2, 0) is 0 Å². The van der Waals surface area contributed by atoms with Crippen LogP contribution in [0.3, 0.4) is 0 Å². The highest BCUT2D eigenvalue weighted by Gasteiger charge is 2.30. The number of ether oxygens (including phenoxy) is 2. The monoisotopic (exact) mass is 507 g/mol. The zero-order valence-corrected chi connectivity index (χ0v) is 23.1. The molecular weight excluding hydrogens is 466 g/mol. The number of nitrogens with two attached hydrogens (primary N) is 1. The van der Waals surface area contributed by atoms with Crippen molar-refractivity contribution in [2.75, 3.05) is 27.7 Å². The van der Waals surface area contributed by atoms with E-state index in [-0.39, 0.29) is 5.92 Å². The Balaban J connectivity index is 1.85. The third kappa shape index (κ3) is 5.59. The van der Waals surface area contributed by atoms with Gasteiger partial charge in [-0.2, -0.15) is 0 Å². The fourth-order valence-electron chi connectivity index (χ4n) is 6.07. The standard InChI is InChI=1S/C29H41N5O3/c1-7-8-18(2)24-22(13-14-23(27(24)36-6)37-29(30)35)25-26-19(3)31-15-16-34(26)28(32-25)21-11-9-20(10-12-21)17-33(4)5/h13-16,18,20-21H,7-12,17H2,1-6H3,(H2,30,35)/t18-,20?,21?/m0/s1. The van der Waals surface area contributed by atoms with E-state index in [1.165, 1.54) is 12.8 Å². The lowest BCUT2D eigenvalue weighted by molar-refractivity contribution is 0.208. The van der Waals surface area contributed by atoms with E-state index >= 15 is 0 Å². The molecule has 37 heavy (non-hydrogen) atoms. The van der Waals surface area contributed by atoms with Gasteiger partial charge in [-0.15, -0.1) is 0 Å². The van der Waals surface area contributed by atoms with E-state index in [4.69, 9.17) is 20.2 Å². The molecule has 8 nitrogen and oxygen atoms in total. The fraction of sp³-hybridized carbons (Fsp3) is 0.552. The second kappa shape index (κ2) is 11.5. The van der Waals surface area contributed by atoms with Crippen molar-refractivity contribution in [3.05, 3.63) is 41.6 Å². The molecule has 0 aliphatic heterocycles. The molecule has 1 fully saturated rings. The maximum absolute atomic E-state index is 11.6. The highest BCUT2D eigenvalue weighted by atomic mass is 16.6. The summed E-state index contributed by atoms with van der Waals surface area (Å²) in [5, 5.41) is 0. The Morgan fingerprint density at radius 3 is 2.59 bits per heavy atom. The summed E-state index contributed by atoms with van der Waals surface area (Å²) < 4.78 is 13.4. The number of benzene rings is 1. The van der Waals surface area contributed by atoms with Gasteiger partial charge in [-0.1, -0.05) is 20.3 Å². The van der Waals surface area contributed by atoms with Gasteiger partial charge in [-0.05, 0) is 77.1 Å². The number of aryl methyl sites for hydroxylation is 1. The number of fused-ring (bicyclic) bond motifs is 1. The maximum atomic E-state index is 11.6. The quantitative estimate of drug-likeness (QED) is 0.387. The summed E-state index contributed by atoms with van der Waals surface area (Å²) in [6, 6.07) is 3.74. The van der Waals surface area contributed by atoms with E-state index in [1.54, 1.807) is 13.2 Å². The minimum atomic E-state index is -0.861. The van der Waals surface area contributed by atoms with Crippen LogP contribution in [0, 0.1) is 12.8 Å². The summed E-state index contributed by atoms with van der Waals surface area (Å²) in [4.78, 5) is 23.8.